The van der Waals surface area contributed by atoms with Gasteiger partial charge in [0, 0.05) is 0 Å². The monoisotopic (exact) mass is 532 g/mol. The van der Waals surface area contributed by atoms with E-state index in [1.807, 2.05) is 26.8 Å². The lowest BCUT2D eigenvalue weighted by atomic mass is 9.71. The van der Waals surface area contributed by atoms with Crippen molar-refractivity contribution in [2.75, 3.05) is 13.2 Å². The number of aliphatic hydroxyl groups is 7. The Hall–Kier alpha value is -1.29. The van der Waals surface area contributed by atoms with Crippen LogP contribution in [0.25, 0.3) is 0 Å². The third kappa shape index (κ3) is 6.84. The van der Waals surface area contributed by atoms with E-state index in [4.69, 9.17) is 18.9 Å². The predicted molar refractivity (Wildman–Crippen MR) is 127 cm³/mol. The summed E-state index contributed by atoms with van der Waals surface area (Å²) in [5.74, 6) is -0.0577. The van der Waals surface area contributed by atoms with Crippen LogP contribution in [0.1, 0.15) is 40.5 Å². The minimum absolute atomic E-state index is 0.0577. The van der Waals surface area contributed by atoms with Crippen LogP contribution >= 0.6 is 0 Å². The molecule has 0 bridgehead atoms. The Kier molecular flexibility index (Phi) is 10.0. The molecule has 0 saturated carbocycles. The van der Waals surface area contributed by atoms with Gasteiger partial charge in [0.1, 0.15) is 48.8 Å². The summed E-state index contributed by atoms with van der Waals surface area (Å²) in [6.45, 7) is 6.38. The van der Waals surface area contributed by atoms with E-state index >= 15 is 0 Å². The van der Waals surface area contributed by atoms with Crippen LogP contribution < -0.4 is 0 Å². The van der Waals surface area contributed by atoms with Gasteiger partial charge in [-0.2, -0.15) is 0 Å². The van der Waals surface area contributed by atoms with Crippen LogP contribution in [0.2, 0.25) is 0 Å². The molecule has 12 nitrogen and oxygen atoms in total. The quantitative estimate of drug-likeness (QED) is 0.175. The van der Waals surface area contributed by atoms with Crippen LogP contribution in [-0.4, -0.2) is 122 Å². The smallest absolute Gasteiger partial charge is 0.186 e. The maximum Gasteiger partial charge on any atom is 0.186 e. The lowest BCUT2D eigenvalue weighted by Crippen LogP contribution is -2.62. The number of carbonyl (C=O) groups is 1. The molecule has 2 aliphatic heterocycles. The fraction of sp³-hybridized carbons (Fsp3) is 0.800. The first-order valence-electron chi connectivity index (χ1n) is 12.4. The molecule has 7 N–H and O–H groups in total. The van der Waals surface area contributed by atoms with Crippen molar-refractivity contribution in [2.24, 2.45) is 5.41 Å². The Balaban J connectivity index is 1.66. The molecule has 0 aromatic carbocycles. The number of allylic oxidation sites excluding steroid dienone is 3. The number of rotatable bonds is 8. The van der Waals surface area contributed by atoms with Crippen LogP contribution in [-0.2, 0) is 23.7 Å². The number of carbonyl (C=O) groups excluding carboxylic acids is 1. The van der Waals surface area contributed by atoms with Gasteiger partial charge < -0.3 is 54.7 Å². The Morgan fingerprint density at radius 3 is 2.08 bits per heavy atom. The molecular formula is C25H40O12. The second kappa shape index (κ2) is 12.3. The molecule has 2 saturated heterocycles. The molecule has 2 heterocycles. The van der Waals surface area contributed by atoms with E-state index < -0.39 is 80.7 Å². The third-order valence-corrected chi connectivity index (χ3v) is 7.21. The van der Waals surface area contributed by atoms with Gasteiger partial charge in [0.15, 0.2) is 18.4 Å². The second-order valence-electron chi connectivity index (χ2n) is 10.7. The average Bonchev–Trinajstić information content (AvgIpc) is 2.82. The molecule has 3 rings (SSSR count). The van der Waals surface area contributed by atoms with Gasteiger partial charge in [-0.3, -0.25) is 4.79 Å². The molecule has 0 unspecified atom stereocenters. The molecule has 11 atom stereocenters. The molecule has 37 heavy (non-hydrogen) atoms. The fourth-order valence-corrected chi connectivity index (χ4v) is 5.20. The van der Waals surface area contributed by atoms with Crippen LogP contribution in [0.4, 0.5) is 0 Å². The van der Waals surface area contributed by atoms with Crippen LogP contribution in [0.15, 0.2) is 23.3 Å². The zero-order chi connectivity index (χ0) is 27.7. The van der Waals surface area contributed by atoms with Crippen molar-refractivity contribution in [3.05, 3.63) is 23.3 Å². The van der Waals surface area contributed by atoms with Gasteiger partial charge in [-0.1, -0.05) is 25.5 Å². The van der Waals surface area contributed by atoms with Gasteiger partial charge in [0.25, 0.3) is 0 Å². The fourth-order valence-electron chi connectivity index (χ4n) is 5.20. The van der Waals surface area contributed by atoms with Crippen LogP contribution in [0, 0.1) is 5.41 Å². The van der Waals surface area contributed by atoms with Crippen molar-refractivity contribution in [1.29, 1.82) is 0 Å². The zero-order valence-electron chi connectivity index (χ0n) is 21.5. The van der Waals surface area contributed by atoms with Gasteiger partial charge in [-0.15, -0.1) is 0 Å². The first-order chi connectivity index (χ1) is 17.3. The minimum atomic E-state index is -1.65. The highest BCUT2D eigenvalue weighted by Crippen LogP contribution is 2.43. The predicted octanol–water partition coefficient (Wildman–Crippen LogP) is -1.72. The zero-order valence-corrected chi connectivity index (χ0v) is 21.5. The summed E-state index contributed by atoms with van der Waals surface area (Å²) in [5, 5.41) is 70.7. The van der Waals surface area contributed by atoms with Crippen molar-refractivity contribution >= 4 is 5.78 Å². The van der Waals surface area contributed by atoms with E-state index in [0.29, 0.717) is 12.8 Å². The van der Waals surface area contributed by atoms with E-state index in [0.717, 1.165) is 11.1 Å². The highest BCUT2D eigenvalue weighted by molar-refractivity contribution is 5.87. The number of hydrogen-bond acceptors (Lipinski definition) is 12. The summed E-state index contributed by atoms with van der Waals surface area (Å²) in [7, 11) is 0. The Bertz CT molecular complexity index is 855. The summed E-state index contributed by atoms with van der Waals surface area (Å²) < 4.78 is 22.5. The van der Waals surface area contributed by atoms with E-state index in [-0.39, 0.29) is 11.2 Å². The van der Waals surface area contributed by atoms with E-state index in [1.54, 1.807) is 0 Å². The lowest BCUT2D eigenvalue weighted by Gasteiger charge is -2.44. The SMILES string of the molecule is CC(=O)/C=C/C1=C(C)C[C@@H](O[C@@H]2O[C@H](CO[C@@H]3O[C@H](CO)[C@@H](O)[C@H](O)[C@H]3O)[C@@H](O)[C@H](O)[C@H]2O)CC1(C)C. The molecule has 12 heteroatoms. The standard InChI is InChI=1S/C25H40O12/c1-11-7-13(8-25(3,4)14(11)6-5-12(2)27)35-24-22(33)20(31)18(29)16(37-24)10-34-23-21(32)19(30)17(28)15(9-26)36-23/h5-6,13,15-24,26,28-33H,7-10H2,1-4H3/b6-5+/t13-,15-,16-,17-,18-,19+,20+,21-,22-,23-,24-/m1/s1. The van der Waals surface area contributed by atoms with E-state index in [9.17, 15) is 40.5 Å². The van der Waals surface area contributed by atoms with E-state index in [1.165, 1.54) is 13.0 Å². The van der Waals surface area contributed by atoms with Crippen LogP contribution in [0.5, 0.6) is 0 Å². The average molecular weight is 533 g/mol. The molecule has 2 fully saturated rings. The summed E-state index contributed by atoms with van der Waals surface area (Å²) >= 11 is 0. The molecule has 0 aromatic heterocycles. The summed E-state index contributed by atoms with van der Waals surface area (Å²) in [5.41, 5.74) is 1.68. The van der Waals surface area contributed by atoms with Gasteiger partial charge in [0.2, 0.25) is 0 Å². The number of aliphatic hydroxyl groups excluding tert-OH is 7. The van der Waals surface area contributed by atoms with E-state index in [2.05, 4.69) is 0 Å². The maximum absolute atomic E-state index is 11.4. The molecule has 0 aromatic rings. The molecule has 3 aliphatic rings. The molecule has 212 valence electrons. The largest absolute Gasteiger partial charge is 0.394 e. The van der Waals surface area contributed by atoms with Crippen molar-refractivity contribution in [3.8, 4) is 0 Å². The Morgan fingerprint density at radius 2 is 1.51 bits per heavy atom. The van der Waals surface area contributed by atoms with Crippen molar-refractivity contribution in [3.63, 3.8) is 0 Å². The minimum Gasteiger partial charge on any atom is -0.394 e. The highest BCUT2D eigenvalue weighted by atomic mass is 16.7. The number of hydrogen-bond donors (Lipinski definition) is 7. The normalized spacial score (nSPS) is 42.8. The van der Waals surface area contributed by atoms with Gasteiger partial charge in [-0.25, -0.2) is 0 Å². The molecule has 0 radical (unpaired) electrons. The molecule has 1 aliphatic carbocycles. The first-order valence-corrected chi connectivity index (χ1v) is 12.4. The number of ether oxygens (including phenoxy) is 4. The third-order valence-electron chi connectivity index (χ3n) is 7.21. The van der Waals surface area contributed by atoms with Crippen molar-refractivity contribution < 1.29 is 59.5 Å². The topological polar surface area (TPSA) is 196 Å². The summed E-state index contributed by atoms with van der Waals surface area (Å²) in [6, 6.07) is 0. The van der Waals surface area contributed by atoms with Gasteiger partial charge in [-0.05, 0) is 43.8 Å². The molecular weight excluding hydrogens is 492 g/mol. The maximum atomic E-state index is 11.4. The molecule has 0 spiro atoms. The van der Waals surface area contributed by atoms with Crippen LogP contribution in [0.3, 0.4) is 0 Å². The first kappa shape index (κ1) is 30.3. The van der Waals surface area contributed by atoms with Crippen molar-refractivity contribution in [2.45, 2.75) is 108 Å². The lowest BCUT2D eigenvalue weighted by molar-refractivity contribution is -0.336. The van der Waals surface area contributed by atoms with Crippen molar-refractivity contribution in [1.82, 2.24) is 0 Å². The highest BCUT2D eigenvalue weighted by Gasteiger charge is 2.48. The Labute approximate surface area is 215 Å². The Morgan fingerprint density at radius 1 is 0.946 bits per heavy atom. The number of ketones is 1. The second-order valence-corrected chi connectivity index (χ2v) is 10.7. The van der Waals surface area contributed by atoms with Gasteiger partial charge >= 0.3 is 0 Å². The summed E-state index contributed by atoms with van der Waals surface area (Å²) in [4.78, 5) is 11.4. The van der Waals surface area contributed by atoms with Gasteiger partial charge in [0.05, 0.1) is 19.3 Å². The summed E-state index contributed by atoms with van der Waals surface area (Å²) in [6.07, 6.45) is -10.7. The molecule has 0 amide bonds.